The largest absolute Gasteiger partial charge is 0.419 e. The Morgan fingerprint density at radius 2 is 1.83 bits per heavy atom. The van der Waals surface area contributed by atoms with Crippen LogP contribution in [0.15, 0.2) is 47.8 Å². The summed E-state index contributed by atoms with van der Waals surface area (Å²) in [6, 6.07) is 4.91. The van der Waals surface area contributed by atoms with Crippen molar-refractivity contribution in [1.29, 1.82) is 0 Å². The summed E-state index contributed by atoms with van der Waals surface area (Å²) in [5, 5.41) is 2.47. The molecular weight excluding hydrogens is 333 g/mol. The molecule has 23 heavy (non-hydrogen) atoms. The van der Waals surface area contributed by atoms with E-state index in [-0.39, 0.29) is 23.8 Å². The molecule has 0 saturated heterocycles. The fraction of sp³-hybridized carbons (Fsp3) is 0.231. The highest BCUT2D eigenvalue weighted by atomic mass is 32.2. The predicted molar refractivity (Wildman–Crippen MR) is 77.2 cm³/mol. The molecule has 0 bridgehead atoms. The molecule has 0 aliphatic rings. The number of aromatic nitrogens is 2. The number of hydrogen-bond acceptors (Lipinski definition) is 5. The normalized spacial score (nSPS) is 12.1. The van der Waals surface area contributed by atoms with Crippen LogP contribution in [0.3, 0.4) is 0 Å². The molecule has 0 radical (unpaired) electrons. The van der Waals surface area contributed by atoms with Crippen molar-refractivity contribution in [3.63, 3.8) is 0 Å². The molecule has 0 saturated carbocycles. The van der Waals surface area contributed by atoms with Gasteiger partial charge >= 0.3 is 6.18 Å². The van der Waals surface area contributed by atoms with Crippen molar-refractivity contribution < 1.29 is 21.6 Å². The third kappa shape index (κ3) is 4.63. The molecule has 124 valence electrons. The molecule has 0 fully saturated rings. The maximum absolute atomic E-state index is 12.8. The Bertz CT molecular complexity index is 751. The number of anilines is 1. The van der Waals surface area contributed by atoms with Crippen molar-refractivity contribution in [2.24, 2.45) is 0 Å². The molecule has 2 aromatic rings. The van der Waals surface area contributed by atoms with Gasteiger partial charge in [-0.25, -0.2) is 18.1 Å². The van der Waals surface area contributed by atoms with Crippen LogP contribution in [0, 0.1) is 0 Å². The van der Waals surface area contributed by atoms with E-state index >= 15 is 0 Å². The first-order valence-corrected chi connectivity index (χ1v) is 7.95. The number of halogens is 3. The van der Waals surface area contributed by atoms with E-state index in [0.29, 0.717) is 0 Å². The lowest BCUT2D eigenvalue weighted by Gasteiger charge is -2.13. The smallest absolute Gasteiger partial charge is 0.368 e. The molecule has 0 aliphatic heterocycles. The lowest BCUT2D eigenvalue weighted by atomic mass is 10.2. The van der Waals surface area contributed by atoms with Gasteiger partial charge in [-0.1, -0.05) is 0 Å². The van der Waals surface area contributed by atoms with Crippen molar-refractivity contribution in [2.75, 3.05) is 18.4 Å². The zero-order chi connectivity index (χ0) is 16.9. The van der Waals surface area contributed by atoms with Gasteiger partial charge in [-0.3, -0.25) is 4.98 Å². The van der Waals surface area contributed by atoms with Gasteiger partial charge in [0.2, 0.25) is 10.0 Å². The number of rotatable bonds is 6. The number of pyridine rings is 2. The summed E-state index contributed by atoms with van der Waals surface area (Å²) in [5.41, 5.74) is -0.907. The zero-order valence-electron chi connectivity index (χ0n) is 11.7. The maximum atomic E-state index is 12.8. The molecule has 0 amide bonds. The minimum atomic E-state index is -4.54. The zero-order valence-corrected chi connectivity index (χ0v) is 12.5. The van der Waals surface area contributed by atoms with Crippen LogP contribution in [0.1, 0.15) is 5.56 Å². The summed E-state index contributed by atoms with van der Waals surface area (Å²) in [4.78, 5) is 7.29. The highest BCUT2D eigenvalue weighted by Crippen LogP contribution is 2.33. The number of hydrogen-bond donors (Lipinski definition) is 2. The highest BCUT2D eigenvalue weighted by molar-refractivity contribution is 7.89. The van der Waals surface area contributed by atoms with Crippen LogP contribution < -0.4 is 10.0 Å². The Balaban J connectivity index is 1.94. The van der Waals surface area contributed by atoms with Crippen LogP contribution in [0.4, 0.5) is 19.0 Å². The lowest BCUT2D eigenvalue weighted by Crippen LogP contribution is -2.29. The number of alkyl halides is 3. The minimum absolute atomic E-state index is 0.0196. The van der Waals surface area contributed by atoms with Gasteiger partial charge in [0.15, 0.2) is 0 Å². The van der Waals surface area contributed by atoms with Gasteiger partial charge in [-0.15, -0.1) is 0 Å². The average molecular weight is 346 g/mol. The van der Waals surface area contributed by atoms with Crippen LogP contribution >= 0.6 is 0 Å². The van der Waals surface area contributed by atoms with Crippen molar-refractivity contribution in [2.45, 2.75) is 11.1 Å². The number of nitrogens with one attached hydrogen (secondary N) is 2. The average Bonchev–Trinajstić information content (AvgIpc) is 2.52. The van der Waals surface area contributed by atoms with E-state index in [2.05, 4.69) is 20.0 Å². The Labute approximate surface area is 130 Å². The second-order valence-corrected chi connectivity index (χ2v) is 6.18. The van der Waals surface area contributed by atoms with Crippen LogP contribution in [0.2, 0.25) is 0 Å². The van der Waals surface area contributed by atoms with Gasteiger partial charge in [-0.05, 0) is 24.3 Å². The van der Waals surface area contributed by atoms with Crippen LogP contribution in [0.25, 0.3) is 0 Å². The Morgan fingerprint density at radius 3 is 2.48 bits per heavy atom. The fourth-order valence-electron chi connectivity index (χ4n) is 1.73. The van der Waals surface area contributed by atoms with E-state index in [0.717, 1.165) is 6.07 Å². The summed E-state index contributed by atoms with van der Waals surface area (Å²) in [6.45, 7) is -0.162. The maximum Gasteiger partial charge on any atom is 0.419 e. The molecular formula is C13H13F3N4O2S. The molecule has 2 heterocycles. The molecule has 2 rings (SSSR count). The Kier molecular flexibility index (Phi) is 5.16. The van der Waals surface area contributed by atoms with Crippen molar-refractivity contribution in [3.05, 3.63) is 48.4 Å². The van der Waals surface area contributed by atoms with Crippen LogP contribution in [-0.4, -0.2) is 31.5 Å². The van der Waals surface area contributed by atoms with E-state index in [1.54, 1.807) is 0 Å². The van der Waals surface area contributed by atoms with Gasteiger partial charge < -0.3 is 5.32 Å². The van der Waals surface area contributed by atoms with Crippen LogP contribution in [-0.2, 0) is 16.2 Å². The molecule has 0 aromatic carbocycles. The fourth-order valence-corrected chi connectivity index (χ4v) is 2.73. The van der Waals surface area contributed by atoms with Crippen molar-refractivity contribution in [1.82, 2.24) is 14.7 Å². The Morgan fingerprint density at radius 1 is 1.09 bits per heavy atom. The third-order valence-corrected chi connectivity index (χ3v) is 4.21. The van der Waals surface area contributed by atoms with E-state index < -0.39 is 21.8 Å². The standard InChI is InChI=1S/C13H13F3N4O2S/c14-13(15,16)11-4-2-6-18-12(11)19-7-8-20-23(21,22)10-3-1-5-17-9-10/h1-6,9,20H,7-8H2,(H,18,19). The minimum Gasteiger partial charge on any atom is -0.368 e. The molecule has 0 unspecified atom stereocenters. The molecule has 0 atom stereocenters. The van der Waals surface area contributed by atoms with Gasteiger partial charge in [0.25, 0.3) is 0 Å². The molecule has 0 spiro atoms. The summed E-state index contributed by atoms with van der Waals surface area (Å²) < 4.78 is 64.4. The third-order valence-electron chi connectivity index (χ3n) is 2.77. The second kappa shape index (κ2) is 6.92. The summed E-state index contributed by atoms with van der Waals surface area (Å²) >= 11 is 0. The predicted octanol–water partition coefficient (Wildman–Crippen LogP) is 1.89. The number of nitrogens with zero attached hydrogens (tertiary/aromatic N) is 2. The van der Waals surface area contributed by atoms with E-state index in [1.165, 1.54) is 36.8 Å². The van der Waals surface area contributed by atoms with E-state index in [1.807, 2.05) is 0 Å². The Hall–Kier alpha value is -2.20. The first kappa shape index (κ1) is 17.2. The van der Waals surface area contributed by atoms with E-state index in [9.17, 15) is 21.6 Å². The summed E-state index contributed by atoms with van der Waals surface area (Å²) in [7, 11) is -3.75. The topological polar surface area (TPSA) is 84.0 Å². The second-order valence-electron chi connectivity index (χ2n) is 4.41. The summed E-state index contributed by atoms with van der Waals surface area (Å²) in [6.07, 6.45) is -0.709. The van der Waals surface area contributed by atoms with Crippen LogP contribution in [0.5, 0.6) is 0 Å². The highest BCUT2D eigenvalue weighted by Gasteiger charge is 2.33. The summed E-state index contributed by atoms with van der Waals surface area (Å²) in [5.74, 6) is -0.347. The molecule has 2 N–H and O–H groups in total. The van der Waals surface area contributed by atoms with Crippen molar-refractivity contribution >= 4 is 15.8 Å². The monoisotopic (exact) mass is 346 g/mol. The van der Waals surface area contributed by atoms with Gasteiger partial charge in [0.05, 0.1) is 5.56 Å². The van der Waals surface area contributed by atoms with Gasteiger partial charge in [0.1, 0.15) is 10.7 Å². The quantitative estimate of drug-likeness (QED) is 0.781. The van der Waals surface area contributed by atoms with E-state index in [4.69, 9.17) is 0 Å². The van der Waals surface area contributed by atoms with Gasteiger partial charge in [-0.2, -0.15) is 13.2 Å². The first-order valence-electron chi connectivity index (χ1n) is 6.46. The molecule has 0 aliphatic carbocycles. The molecule has 2 aromatic heterocycles. The molecule has 6 nitrogen and oxygen atoms in total. The lowest BCUT2D eigenvalue weighted by molar-refractivity contribution is -0.137. The molecule has 10 heteroatoms. The SMILES string of the molecule is O=S(=O)(NCCNc1ncccc1C(F)(F)F)c1cccnc1. The first-order chi connectivity index (χ1) is 10.8. The van der Waals surface area contributed by atoms with Crippen molar-refractivity contribution in [3.8, 4) is 0 Å². The van der Waals surface area contributed by atoms with Gasteiger partial charge in [0, 0.05) is 31.7 Å². The number of sulfonamides is 1.